The summed E-state index contributed by atoms with van der Waals surface area (Å²) in [6.07, 6.45) is 7.68. The average molecular weight is 238 g/mol. The summed E-state index contributed by atoms with van der Waals surface area (Å²) in [6, 6.07) is 0. The van der Waals surface area contributed by atoms with Gasteiger partial charge in [-0.05, 0) is 57.8 Å². The molecular weight excluding hydrogens is 208 g/mol. The zero-order valence-corrected chi connectivity index (χ0v) is 12.6. The summed E-state index contributed by atoms with van der Waals surface area (Å²) in [5, 5.41) is 0. The Balaban J connectivity index is 4.01. The molecule has 0 heterocycles. The molecule has 0 bridgehead atoms. The Hall–Kier alpha value is -0.590. The Labute approximate surface area is 108 Å². The van der Waals surface area contributed by atoms with Crippen LogP contribution in [0.3, 0.4) is 0 Å². The van der Waals surface area contributed by atoms with E-state index in [9.17, 15) is 4.79 Å². The molecular formula is C16H30O. The molecule has 0 aliphatic carbocycles. The van der Waals surface area contributed by atoms with Gasteiger partial charge in [0.2, 0.25) is 0 Å². The summed E-state index contributed by atoms with van der Waals surface area (Å²) in [5.41, 5.74) is 1.76. The van der Waals surface area contributed by atoms with Crippen molar-refractivity contribution in [1.29, 1.82) is 0 Å². The molecule has 17 heavy (non-hydrogen) atoms. The fraction of sp³-hybridized carbons (Fsp3) is 0.812. The van der Waals surface area contributed by atoms with E-state index in [1.807, 2.05) is 0 Å². The van der Waals surface area contributed by atoms with Gasteiger partial charge >= 0.3 is 0 Å². The number of carbonyl (C=O) groups excluding carboxylic acids is 1. The van der Waals surface area contributed by atoms with Crippen molar-refractivity contribution in [2.75, 3.05) is 0 Å². The molecule has 0 aromatic rings. The molecule has 100 valence electrons. The van der Waals surface area contributed by atoms with E-state index in [0.717, 1.165) is 19.3 Å². The van der Waals surface area contributed by atoms with Gasteiger partial charge in [0, 0.05) is 6.42 Å². The van der Waals surface area contributed by atoms with Crippen LogP contribution in [-0.4, -0.2) is 5.78 Å². The normalized spacial score (nSPS) is 13.3. The number of allylic oxidation sites excluding steroid dienone is 2. The zero-order chi connectivity index (χ0) is 13.5. The maximum Gasteiger partial charge on any atom is 0.129 e. The van der Waals surface area contributed by atoms with Crippen LogP contribution in [-0.2, 0) is 4.79 Å². The molecule has 0 aliphatic heterocycles. The Morgan fingerprint density at radius 3 is 2.29 bits per heavy atom. The van der Waals surface area contributed by atoms with Crippen LogP contribution in [0.1, 0.15) is 73.6 Å². The van der Waals surface area contributed by atoms with E-state index in [2.05, 4.69) is 40.7 Å². The lowest BCUT2D eigenvalue weighted by Gasteiger charge is -2.32. The molecule has 0 N–H and O–H groups in total. The monoisotopic (exact) mass is 238 g/mol. The first-order valence-corrected chi connectivity index (χ1v) is 6.88. The van der Waals surface area contributed by atoms with Crippen molar-refractivity contribution in [3.05, 3.63) is 11.6 Å². The van der Waals surface area contributed by atoms with Crippen molar-refractivity contribution >= 4 is 5.78 Å². The highest BCUT2D eigenvalue weighted by Crippen LogP contribution is 2.35. The lowest BCUT2D eigenvalue weighted by Crippen LogP contribution is -2.21. The van der Waals surface area contributed by atoms with Crippen LogP contribution in [0, 0.1) is 11.3 Å². The van der Waals surface area contributed by atoms with Crippen LogP contribution in [0.4, 0.5) is 0 Å². The van der Waals surface area contributed by atoms with Crippen molar-refractivity contribution in [1.82, 2.24) is 0 Å². The SMILES string of the molecule is CC(=O)CCCC(C)(C)C(C)CCC=C(C)C. The number of carbonyl (C=O) groups is 1. The van der Waals surface area contributed by atoms with E-state index in [0.29, 0.717) is 17.1 Å². The predicted octanol–water partition coefficient (Wildman–Crippen LogP) is 5.15. The minimum atomic E-state index is 0.318. The third-order valence-corrected chi connectivity index (χ3v) is 3.84. The van der Waals surface area contributed by atoms with Crippen molar-refractivity contribution in [3.8, 4) is 0 Å². The van der Waals surface area contributed by atoms with Gasteiger partial charge < -0.3 is 4.79 Å². The lowest BCUT2D eigenvalue weighted by atomic mass is 9.74. The number of ketones is 1. The molecule has 0 aliphatic rings. The molecule has 1 unspecified atom stereocenters. The van der Waals surface area contributed by atoms with Gasteiger partial charge in [0.25, 0.3) is 0 Å². The molecule has 0 fully saturated rings. The summed E-state index contributed by atoms with van der Waals surface area (Å²) in [6.45, 7) is 13.0. The molecule has 0 aromatic heterocycles. The maximum absolute atomic E-state index is 10.9. The third-order valence-electron chi connectivity index (χ3n) is 3.84. The van der Waals surface area contributed by atoms with Gasteiger partial charge in [0.05, 0.1) is 0 Å². The van der Waals surface area contributed by atoms with E-state index in [-0.39, 0.29) is 0 Å². The molecule has 0 aromatic carbocycles. The second-order valence-electron chi connectivity index (χ2n) is 6.30. The first-order chi connectivity index (χ1) is 7.75. The highest BCUT2D eigenvalue weighted by Gasteiger charge is 2.24. The smallest absolute Gasteiger partial charge is 0.129 e. The molecule has 0 saturated heterocycles. The average Bonchev–Trinajstić information content (AvgIpc) is 2.15. The van der Waals surface area contributed by atoms with Gasteiger partial charge in [-0.25, -0.2) is 0 Å². The van der Waals surface area contributed by atoms with Crippen LogP contribution in [0.15, 0.2) is 11.6 Å². The molecule has 1 atom stereocenters. The van der Waals surface area contributed by atoms with Crippen LogP contribution in [0.25, 0.3) is 0 Å². The van der Waals surface area contributed by atoms with E-state index in [1.165, 1.54) is 18.4 Å². The predicted molar refractivity (Wildman–Crippen MR) is 76.1 cm³/mol. The molecule has 1 nitrogen and oxygen atoms in total. The Bertz CT molecular complexity index is 257. The van der Waals surface area contributed by atoms with Crippen molar-refractivity contribution in [2.24, 2.45) is 11.3 Å². The van der Waals surface area contributed by atoms with Gasteiger partial charge in [0.1, 0.15) is 5.78 Å². The molecule has 0 spiro atoms. The zero-order valence-electron chi connectivity index (χ0n) is 12.6. The molecule has 0 radical (unpaired) electrons. The van der Waals surface area contributed by atoms with Gasteiger partial charge in [-0.2, -0.15) is 0 Å². The van der Waals surface area contributed by atoms with E-state index in [4.69, 9.17) is 0 Å². The van der Waals surface area contributed by atoms with Crippen LogP contribution >= 0.6 is 0 Å². The second kappa shape index (κ2) is 7.68. The first-order valence-electron chi connectivity index (χ1n) is 6.88. The number of hydrogen-bond acceptors (Lipinski definition) is 1. The molecule has 0 amide bonds. The fourth-order valence-electron chi connectivity index (χ4n) is 2.05. The molecule has 1 heteroatoms. The standard InChI is InChI=1S/C16H30O/c1-13(2)9-7-10-14(3)16(5,6)12-8-11-15(4)17/h9,14H,7-8,10-12H2,1-6H3. The van der Waals surface area contributed by atoms with E-state index < -0.39 is 0 Å². The molecule has 0 saturated carbocycles. The van der Waals surface area contributed by atoms with Gasteiger partial charge in [-0.15, -0.1) is 0 Å². The first kappa shape index (κ1) is 16.4. The van der Waals surface area contributed by atoms with Crippen LogP contribution in [0.5, 0.6) is 0 Å². The Morgan fingerprint density at radius 1 is 1.24 bits per heavy atom. The summed E-state index contributed by atoms with van der Waals surface area (Å²) >= 11 is 0. The van der Waals surface area contributed by atoms with E-state index in [1.54, 1.807) is 6.92 Å². The fourth-order valence-corrected chi connectivity index (χ4v) is 2.05. The Morgan fingerprint density at radius 2 is 1.82 bits per heavy atom. The second-order valence-corrected chi connectivity index (χ2v) is 6.30. The summed E-state index contributed by atoms with van der Waals surface area (Å²) in [7, 11) is 0. The maximum atomic E-state index is 10.9. The quantitative estimate of drug-likeness (QED) is 0.534. The topological polar surface area (TPSA) is 17.1 Å². The summed E-state index contributed by atoms with van der Waals surface area (Å²) in [5.74, 6) is 1.03. The molecule has 0 rings (SSSR count). The van der Waals surface area contributed by atoms with Gasteiger partial charge in [-0.3, -0.25) is 0 Å². The number of Topliss-reactive ketones (excluding diaryl/α,β-unsaturated/α-hetero) is 1. The number of rotatable bonds is 8. The Kier molecular flexibility index (Phi) is 7.41. The van der Waals surface area contributed by atoms with Crippen LogP contribution in [0.2, 0.25) is 0 Å². The van der Waals surface area contributed by atoms with Crippen molar-refractivity contribution in [2.45, 2.75) is 73.6 Å². The summed E-state index contributed by atoms with van der Waals surface area (Å²) < 4.78 is 0. The van der Waals surface area contributed by atoms with Gasteiger partial charge in [-0.1, -0.05) is 32.4 Å². The van der Waals surface area contributed by atoms with Gasteiger partial charge in [0.15, 0.2) is 0 Å². The third kappa shape index (κ3) is 8.18. The minimum absolute atomic E-state index is 0.318. The lowest BCUT2D eigenvalue weighted by molar-refractivity contribution is -0.117. The highest BCUT2D eigenvalue weighted by molar-refractivity contribution is 5.75. The summed E-state index contributed by atoms with van der Waals surface area (Å²) in [4.78, 5) is 10.9. The largest absolute Gasteiger partial charge is 0.300 e. The van der Waals surface area contributed by atoms with E-state index >= 15 is 0 Å². The van der Waals surface area contributed by atoms with Crippen LogP contribution < -0.4 is 0 Å². The number of hydrogen-bond donors (Lipinski definition) is 0. The highest BCUT2D eigenvalue weighted by atomic mass is 16.1. The van der Waals surface area contributed by atoms with Crippen molar-refractivity contribution < 1.29 is 4.79 Å². The minimum Gasteiger partial charge on any atom is -0.300 e. The van der Waals surface area contributed by atoms with Crippen molar-refractivity contribution in [3.63, 3.8) is 0 Å².